The number of nitrogens with zero attached hydrogens (tertiary/aromatic N) is 2. The number of benzene rings is 1. The molecule has 176 valence electrons. The SMILES string of the molecule is CC.CC(=O)O.CC(NC(=O)C(C)c1c(Cl)cnn(Cc2ccccc2)c1=O)C(=O)CF. The maximum Gasteiger partial charge on any atom is 0.300 e. The molecule has 0 aliphatic heterocycles. The first-order valence-corrected chi connectivity index (χ1v) is 10.3. The second kappa shape index (κ2) is 14.9. The molecule has 0 bridgehead atoms. The predicted octanol–water partition coefficient (Wildman–Crippen LogP) is 3.21. The summed E-state index contributed by atoms with van der Waals surface area (Å²) in [5.41, 5.74) is 0.457. The monoisotopic (exact) mass is 469 g/mol. The van der Waals surface area contributed by atoms with E-state index in [0.717, 1.165) is 12.5 Å². The Morgan fingerprint density at radius 1 is 1.19 bits per heavy atom. The van der Waals surface area contributed by atoms with Crippen LogP contribution in [0.5, 0.6) is 0 Å². The van der Waals surface area contributed by atoms with Crippen molar-refractivity contribution in [3.63, 3.8) is 0 Å². The van der Waals surface area contributed by atoms with Crippen LogP contribution in [0.15, 0.2) is 41.3 Å². The fourth-order valence-corrected chi connectivity index (χ4v) is 2.70. The fraction of sp³-hybridized carbons (Fsp3) is 0.409. The Labute approximate surface area is 191 Å². The summed E-state index contributed by atoms with van der Waals surface area (Å²) in [7, 11) is 0. The van der Waals surface area contributed by atoms with E-state index in [1.165, 1.54) is 24.7 Å². The number of carbonyl (C=O) groups excluding carboxylic acids is 2. The molecule has 2 atom stereocenters. The van der Waals surface area contributed by atoms with E-state index in [9.17, 15) is 18.8 Å². The standard InChI is InChI=1S/C18H19ClFN3O3.C2H4O2.C2H6/c1-11(17(25)22-12(2)15(24)8-20)16-14(19)9-21-23(18(16)26)10-13-6-4-3-5-7-13;1-2(3)4;1-2/h3-7,9,11-12H,8,10H2,1-2H3,(H,22,25);1H3,(H,3,4);1-2H3. The lowest BCUT2D eigenvalue weighted by Gasteiger charge is -2.17. The van der Waals surface area contributed by atoms with Crippen molar-refractivity contribution in [2.45, 2.75) is 53.1 Å². The van der Waals surface area contributed by atoms with Crippen molar-refractivity contribution in [2.24, 2.45) is 0 Å². The summed E-state index contributed by atoms with van der Waals surface area (Å²) >= 11 is 6.09. The molecule has 1 aromatic carbocycles. The Kier molecular flexibility index (Phi) is 13.4. The van der Waals surface area contributed by atoms with Gasteiger partial charge in [-0.05, 0) is 19.4 Å². The first-order chi connectivity index (χ1) is 15.1. The van der Waals surface area contributed by atoms with Crippen molar-refractivity contribution in [3.05, 3.63) is 63.0 Å². The number of carboxylic acids is 1. The van der Waals surface area contributed by atoms with Gasteiger partial charge in [0.05, 0.1) is 35.3 Å². The topological polar surface area (TPSA) is 118 Å². The number of alkyl halides is 1. The van der Waals surface area contributed by atoms with Crippen molar-refractivity contribution >= 4 is 29.3 Å². The van der Waals surface area contributed by atoms with Crippen molar-refractivity contribution < 1.29 is 23.9 Å². The molecule has 0 saturated carbocycles. The number of halogens is 2. The zero-order valence-electron chi connectivity index (χ0n) is 18.8. The molecule has 2 rings (SSSR count). The lowest BCUT2D eigenvalue weighted by molar-refractivity contribution is -0.134. The number of aromatic nitrogens is 2. The molecule has 2 aromatic rings. The van der Waals surface area contributed by atoms with Gasteiger partial charge in [0, 0.05) is 6.92 Å². The third-order valence-corrected chi connectivity index (χ3v) is 4.31. The van der Waals surface area contributed by atoms with Crippen LogP contribution < -0.4 is 10.9 Å². The molecular formula is C22H29ClFN3O5. The summed E-state index contributed by atoms with van der Waals surface area (Å²) in [5.74, 6) is -3.08. The lowest BCUT2D eigenvalue weighted by Crippen LogP contribution is -2.42. The van der Waals surface area contributed by atoms with Crippen molar-refractivity contribution in [1.82, 2.24) is 15.1 Å². The zero-order chi connectivity index (χ0) is 24.8. The van der Waals surface area contributed by atoms with Crippen LogP contribution in [0.1, 0.15) is 51.7 Å². The Morgan fingerprint density at radius 3 is 2.22 bits per heavy atom. The van der Waals surface area contributed by atoms with Crippen molar-refractivity contribution in [3.8, 4) is 0 Å². The van der Waals surface area contributed by atoms with Crippen LogP contribution in [-0.2, 0) is 20.9 Å². The van der Waals surface area contributed by atoms with Crippen LogP contribution in [0.2, 0.25) is 5.02 Å². The number of ketones is 1. The lowest BCUT2D eigenvalue weighted by atomic mass is 10.0. The molecule has 0 aliphatic carbocycles. The number of nitrogens with one attached hydrogen (secondary N) is 1. The molecule has 2 N–H and O–H groups in total. The minimum atomic E-state index is -1.17. The van der Waals surface area contributed by atoms with Crippen molar-refractivity contribution in [1.29, 1.82) is 0 Å². The molecule has 32 heavy (non-hydrogen) atoms. The largest absolute Gasteiger partial charge is 0.481 e. The molecule has 1 amide bonds. The van der Waals surface area contributed by atoms with Gasteiger partial charge in [-0.2, -0.15) is 5.10 Å². The molecule has 0 radical (unpaired) electrons. The molecule has 1 heterocycles. The number of amides is 1. The Bertz CT molecular complexity index is 946. The number of hydrogen-bond donors (Lipinski definition) is 2. The molecule has 2 unspecified atom stereocenters. The number of rotatable bonds is 7. The van der Waals surface area contributed by atoms with E-state index in [2.05, 4.69) is 10.4 Å². The Balaban J connectivity index is 0.00000144. The average molecular weight is 470 g/mol. The fourth-order valence-electron chi connectivity index (χ4n) is 2.41. The third-order valence-electron chi connectivity index (χ3n) is 4.01. The highest BCUT2D eigenvalue weighted by Crippen LogP contribution is 2.20. The summed E-state index contributed by atoms with van der Waals surface area (Å²) in [6, 6.07) is 8.26. The Hall–Kier alpha value is -3.07. The highest BCUT2D eigenvalue weighted by molar-refractivity contribution is 6.31. The third kappa shape index (κ3) is 9.38. The summed E-state index contributed by atoms with van der Waals surface area (Å²) in [6.07, 6.45) is 1.31. The molecule has 0 aliphatic rings. The minimum Gasteiger partial charge on any atom is -0.481 e. The summed E-state index contributed by atoms with van der Waals surface area (Å²) in [5, 5.41) is 13.9. The maximum atomic E-state index is 12.7. The van der Waals surface area contributed by atoms with Crippen LogP contribution in [0.25, 0.3) is 0 Å². The number of carbonyl (C=O) groups is 3. The van der Waals surface area contributed by atoms with Crippen LogP contribution in [0.4, 0.5) is 4.39 Å². The molecule has 0 fully saturated rings. The molecule has 8 nitrogen and oxygen atoms in total. The number of carboxylic acid groups (broad SMARTS) is 1. The first kappa shape index (κ1) is 28.9. The van der Waals surface area contributed by atoms with E-state index in [0.29, 0.717) is 0 Å². The molecule has 10 heteroatoms. The number of aliphatic carboxylic acids is 1. The second-order valence-electron chi connectivity index (χ2n) is 6.43. The smallest absolute Gasteiger partial charge is 0.300 e. The Morgan fingerprint density at radius 2 is 1.72 bits per heavy atom. The van der Waals surface area contributed by atoms with Gasteiger partial charge < -0.3 is 10.4 Å². The normalized spacial score (nSPS) is 11.6. The van der Waals surface area contributed by atoms with Gasteiger partial charge in [-0.3, -0.25) is 19.2 Å². The van der Waals surface area contributed by atoms with Crippen LogP contribution >= 0.6 is 11.6 Å². The maximum absolute atomic E-state index is 12.7. The van der Waals surface area contributed by atoms with Gasteiger partial charge in [-0.1, -0.05) is 55.8 Å². The molecule has 1 aromatic heterocycles. The van der Waals surface area contributed by atoms with E-state index in [-0.39, 0.29) is 17.1 Å². The number of hydrogen-bond acceptors (Lipinski definition) is 5. The number of Topliss-reactive ketones (excluding diaryl/α,β-unsaturated/α-hetero) is 1. The van der Waals surface area contributed by atoms with Gasteiger partial charge in [-0.15, -0.1) is 0 Å². The average Bonchev–Trinajstić information content (AvgIpc) is 2.76. The quantitative estimate of drug-likeness (QED) is 0.642. The van der Waals surface area contributed by atoms with Crippen LogP contribution in [-0.4, -0.2) is 45.3 Å². The van der Waals surface area contributed by atoms with Gasteiger partial charge in [0.25, 0.3) is 11.5 Å². The highest BCUT2D eigenvalue weighted by atomic mass is 35.5. The van der Waals surface area contributed by atoms with E-state index in [4.69, 9.17) is 21.5 Å². The predicted molar refractivity (Wildman–Crippen MR) is 121 cm³/mol. The zero-order valence-corrected chi connectivity index (χ0v) is 19.5. The highest BCUT2D eigenvalue weighted by Gasteiger charge is 2.25. The summed E-state index contributed by atoms with van der Waals surface area (Å²) in [4.78, 5) is 45.4. The van der Waals surface area contributed by atoms with E-state index in [1.807, 2.05) is 44.2 Å². The molecular weight excluding hydrogens is 441 g/mol. The van der Waals surface area contributed by atoms with E-state index in [1.54, 1.807) is 0 Å². The molecule has 0 saturated heterocycles. The minimum absolute atomic E-state index is 0.0615. The van der Waals surface area contributed by atoms with Gasteiger partial charge >= 0.3 is 0 Å². The van der Waals surface area contributed by atoms with E-state index >= 15 is 0 Å². The van der Waals surface area contributed by atoms with Gasteiger partial charge in [0.15, 0.2) is 5.78 Å². The second-order valence-corrected chi connectivity index (χ2v) is 6.83. The van der Waals surface area contributed by atoms with Crippen LogP contribution in [0.3, 0.4) is 0 Å². The van der Waals surface area contributed by atoms with Crippen molar-refractivity contribution in [2.75, 3.05) is 6.67 Å². The van der Waals surface area contributed by atoms with Crippen LogP contribution in [0, 0.1) is 0 Å². The summed E-state index contributed by atoms with van der Waals surface area (Å²) < 4.78 is 13.6. The van der Waals surface area contributed by atoms with Gasteiger partial charge in [0.2, 0.25) is 5.91 Å². The molecule has 0 spiro atoms. The van der Waals surface area contributed by atoms with Gasteiger partial charge in [0.1, 0.15) is 6.67 Å². The van der Waals surface area contributed by atoms with E-state index < -0.39 is 41.9 Å². The first-order valence-electron chi connectivity index (χ1n) is 9.96. The summed E-state index contributed by atoms with van der Waals surface area (Å²) in [6.45, 7) is 7.02. The van der Waals surface area contributed by atoms with Gasteiger partial charge in [-0.25, -0.2) is 9.07 Å².